The first-order valence-corrected chi connectivity index (χ1v) is 7.05. The first-order chi connectivity index (χ1) is 10.1. The number of carbonyl (C=O) groups is 1. The quantitative estimate of drug-likeness (QED) is 0.894. The maximum absolute atomic E-state index is 12.4. The summed E-state index contributed by atoms with van der Waals surface area (Å²) in [5, 5.41) is 14.2. The van der Waals surface area contributed by atoms with Crippen molar-refractivity contribution >= 4 is 11.6 Å². The summed E-state index contributed by atoms with van der Waals surface area (Å²) in [7, 11) is 1.89. The Kier molecular flexibility index (Phi) is 3.47. The van der Waals surface area contributed by atoms with Crippen molar-refractivity contribution < 1.29 is 4.79 Å². The van der Waals surface area contributed by atoms with E-state index in [0.717, 1.165) is 36.6 Å². The number of nitrogens with one attached hydrogen (secondary N) is 2. The summed E-state index contributed by atoms with van der Waals surface area (Å²) in [6.45, 7) is 3.61. The molecule has 2 aromatic rings. The van der Waals surface area contributed by atoms with E-state index in [1.807, 2.05) is 42.8 Å². The van der Waals surface area contributed by atoms with Crippen molar-refractivity contribution in [3.63, 3.8) is 0 Å². The van der Waals surface area contributed by atoms with Crippen molar-refractivity contribution in [2.24, 2.45) is 12.5 Å². The number of rotatable bonds is 3. The van der Waals surface area contributed by atoms with Crippen molar-refractivity contribution in [3.8, 4) is 11.4 Å². The number of carbonyl (C=O) groups excluding carboxylic acids is 1. The Labute approximate surface area is 123 Å². The largest absolute Gasteiger partial charge is 0.326 e. The minimum Gasteiger partial charge on any atom is -0.326 e. The Bertz CT molecular complexity index is 658. The second kappa shape index (κ2) is 5.29. The zero-order valence-electron chi connectivity index (χ0n) is 12.3. The summed E-state index contributed by atoms with van der Waals surface area (Å²) >= 11 is 0. The van der Waals surface area contributed by atoms with E-state index in [1.54, 1.807) is 6.33 Å². The summed E-state index contributed by atoms with van der Waals surface area (Å²) in [4.78, 5) is 12.4. The van der Waals surface area contributed by atoms with Crippen molar-refractivity contribution in [2.45, 2.75) is 13.3 Å². The third kappa shape index (κ3) is 2.67. The standard InChI is InChI=1S/C15H19N5O/c1-15(6-7-16-9-15)14(21)18-12-5-3-4-11(8-12)13-19-17-10-20(13)2/h3-5,8,10,16H,6-7,9H2,1-2H3,(H,18,21). The molecular formula is C15H19N5O. The normalized spacial score (nSPS) is 21.4. The molecule has 6 heteroatoms. The van der Waals surface area contributed by atoms with Gasteiger partial charge in [-0.3, -0.25) is 4.79 Å². The molecule has 0 radical (unpaired) electrons. The molecule has 0 spiro atoms. The Morgan fingerprint density at radius 2 is 2.33 bits per heavy atom. The molecule has 0 saturated carbocycles. The predicted molar refractivity (Wildman–Crippen MR) is 80.7 cm³/mol. The molecule has 1 unspecified atom stereocenters. The third-order valence-corrected chi connectivity index (χ3v) is 4.01. The van der Waals surface area contributed by atoms with E-state index in [1.165, 1.54) is 0 Å². The van der Waals surface area contributed by atoms with Crippen LogP contribution in [0.25, 0.3) is 11.4 Å². The maximum Gasteiger partial charge on any atom is 0.231 e. The molecule has 3 rings (SSSR count). The van der Waals surface area contributed by atoms with Gasteiger partial charge in [0.25, 0.3) is 0 Å². The third-order valence-electron chi connectivity index (χ3n) is 4.01. The fourth-order valence-corrected chi connectivity index (χ4v) is 2.57. The fourth-order valence-electron chi connectivity index (χ4n) is 2.57. The molecule has 1 atom stereocenters. The molecule has 6 nitrogen and oxygen atoms in total. The monoisotopic (exact) mass is 285 g/mol. The second-order valence-electron chi connectivity index (χ2n) is 5.79. The van der Waals surface area contributed by atoms with Crippen molar-refractivity contribution in [2.75, 3.05) is 18.4 Å². The minimum absolute atomic E-state index is 0.0580. The summed E-state index contributed by atoms with van der Waals surface area (Å²) < 4.78 is 1.85. The van der Waals surface area contributed by atoms with Gasteiger partial charge in [0.2, 0.25) is 5.91 Å². The van der Waals surface area contributed by atoms with Crippen LogP contribution in [0.3, 0.4) is 0 Å². The minimum atomic E-state index is -0.333. The van der Waals surface area contributed by atoms with Gasteiger partial charge in [0.15, 0.2) is 5.82 Å². The van der Waals surface area contributed by atoms with Crippen molar-refractivity contribution in [1.29, 1.82) is 0 Å². The number of aryl methyl sites for hydroxylation is 1. The van der Waals surface area contributed by atoms with Crippen LogP contribution in [0.1, 0.15) is 13.3 Å². The van der Waals surface area contributed by atoms with Crippen LogP contribution in [0.4, 0.5) is 5.69 Å². The van der Waals surface area contributed by atoms with E-state index >= 15 is 0 Å². The molecule has 2 N–H and O–H groups in total. The Morgan fingerprint density at radius 3 is 3.00 bits per heavy atom. The molecule has 1 aliphatic heterocycles. The summed E-state index contributed by atoms with van der Waals surface area (Å²) in [6.07, 6.45) is 2.52. The zero-order valence-corrected chi connectivity index (χ0v) is 12.3. The van der Waals surface area contributed by atoms with Crippen LogP contribution in [0.5, 0.6) is 0 Å². The van der Waals surface area contributed by atoms with E-state index in [-0.39, 0.29) is 11.3 Å². The van der Waals surface area contributed by atoms with Gasteiger partial charge in [0.05, 0.1) is 5.41 Å². The van der Waals surface area contributed by atoms with Crippen LogP contribution in [0.15, 0.2) is 30.6 Å². The highest BCUT2D eigenvalue weighted by Gasteiger charge is 2.36. The second-order valence-corrected chi connectivity index (χ2v) is 5.79. The van der Waals surface area contributed by atoms with Crippen LogP contribution in [0.2, 0.25) is 0 Å². The SMILES string of the molecule is Cn1cnnc1-c1cccc(NC(=O)C2(C)CCNC2)c1. The van der Waals surface area contributed by atoms with Gasteiger partial charge in [-0.15, -0.1) is 10.2 Å². The molecule has 1 amide bonds. The lowest BCUT2D eigenvalue weighted by Crippen LogP contribution is -2.35. The molecule has 1 aromatic carbocycles. The fraction of sp³-hybridized carbons (Fsp3) is 0.400. The number of aromatic nitrogens is 3. The van der Waals surface area contributed by atoms with E-state index in [9.17, 15) is 4.79 Å². The molecular weight excluding hydrogens is 266 g/mol. The molecule has 1 aromatic heterocycles. The number of nitrogens with zero attached hydrogens (tertiary/aromatic N) is 3. The lowest BCUT2D eigenvalue weighted by Gasteiger charge is -2.21. The van der Waals surface area contributed by atoms with E-state index in [2.05, 4.69) is 20.8 Å². The van der Waals surface area contributed by atoms with Crippen molar-refractivity contribution in [1.82, 2.24) is 20.1 Å². The average Bonchev–Trinajstić information content (AvgIpc) is 3.09. The number of hydrogen-bond acceptors (Lipinski definition) is 4. The highest BCUT2D eigenvalue weighted by atomic mass is 16.2. The van der Waals surface area contributed by atoms with Gasteiger partial charge < -0.3 is 15.2 Å². The summed E-state index contributed by atoms with van der Waals surface area (Å²) in [5.74, 6) is 0.836. The molecule has 0 bridgehead atoms. The molecule has 0 aliphatic carbocycles. The number of anilines is 1. The van der Waals surface area contributed by atoms with Gasteiger partial charge in [0, 0.05) is 24.8 Å². The summed E-state index contributed by atoms with van der Waals surface area (Å²) in [5.41, 5.74) is 1.39. The highest BCUT2D eigenvalue weighted by molar-refractivity contribution is 5.95. The van der Waals surface area contributed by atoms with Crippen LogP contribution < -0.4 is 10.6 Å². The van der Waals surface area contributed by atoms with Gasteiger partial charge in [-0.25, -0.2) is 0 Å². The smallest absolute Gasteiger partial charge is 0.231 e. The molecule has 1 saturated heterocycles. The van der Waals surface area contributed by atoms with E-state index in [4.69, 9.17) is 0 Å². The van der Waals surface area contributed by atoms with Gasteiger partial charge in [-0.1, -0.05) is 12.1 Å². The molecule has 1 aliphatic rings. The molecule has 2 heterocycles. The Morgan fingerprint density at radius 1 is 1.48 bits per heavy atom. The van der Waals surface area contributed by atoms with Crippen LogP contribution >= 0.6 is 0 Å². The van der Waals surface area contributed by atoms with Crippen LogP contribution in [0, 0.1) is 5.41 Å². The topological polar surface area (TPSA) is 71.8 Å². The summed E-state index contributed by atoms with van der Waals surface area (Å²) in [6, 6.07) is 7.69. The average molecular weight is 285 g/mol. The predicted octanol–water partition coefficient (Wildman–Crippen LogP) is 1.42. The van der Waals surface area contributed by atoms with Gasteiger partial charge in [-0.05, 0) is 32.0 Å². The van der Waals surface area contributed by atoms with Crippen molar-refractivity contribution in [3.05, 3.63) is 30.6 Å². The Hall–Kier alpha value is -2.21. The first kappa shape index (κ1) is 13.8. The number of amides is 1. The molecule has 21 heavy (non-hydrogen) atoms. The lowest BCUT2D eigenvalue weighted by molar-refractivity contribution is -0.123. The van der Waals surface area contributed by atoms with Gasteiger partial charge >= 0.3 is 0 Å². The van der Waals surface area contributed by atoms with E-state index < -0.39 is 0 Å². The van der Waals surface area contributed by atoms with Gasteiger partial charge in [-0.2, -0.15) is 0 Å². The zero-order chi connectivity index (χ0) is 14.9. The maximum atomic E-state index is 12.4. The Balaban J connectivity index is 1.81. The lowest BCUT2D eigenvalue weighted by atomic mass is 9.88. The molecule has 110 valence electrons. The van der Waals surface area contributed by atoms with Crippen LogP contribution in [-0.4, -0.2) is 33.8 Å². The number of hydrogen-bond donors (Lipinski definition) is 2. The first-order valence-electron chi connectivity index (χ1n) is 7.05. The van der Waals surface area contributed by atoms with Gasteiger partial charge in [0.1, 0.15) is 6.33 Å². The van der Waals surface area contributed by atoms with Crippen LogP contribution in [-0.2, 0) is 11.8 Å². The number of benzene rings is 1. The highest BCUT2D eigenvalue weighted by Crippen LogP contribution is 2.27. The molecule has 1 fully saturated rings. The van der Waals surface area contributed by atoms with E-state index in [0.29, 0.717) is 0 Å².